The van der Waals surface area contributed by atoms with Crippen molar-refractivity contribution in [2.24, 2.45) is 0 Å². The van der Waals surface area contributed by atoms with Gasteiger partial charge in [-0.15, -0.1) is 4.21 Å². The molecule has 1 atom stereocenters. The van der Waals surface area contributed by atoms with Crippen LogP contribution in [0.1, 0.15) is 0 Å². The van der Waals surface area contributed by atoms with Crippen LogP contribution < -0.4 is 5.32 Å². The normalized spacial score (nSPS) is 12.2. The van der Waals surface area contributed by atoms with E-state index in [0.29, 0.717) is 16.8 Å². The second-order valence-corrected chi connectivity index (χ2v) is 5.36. The Morgan fingerprint density at radius 2 is 2.17 bits per heavy atom. The van der Waals surface area contributed by atoms with Gasteiger partial charge in [0.25, 0.3) is 0 Å². The van der Waals surface area contributed by atoms with E-state index in [0.717, 1.165) is 0 Å². The molecule has 0 saturated carbocycles. The Hall–Kier alpha value is -1.53. The molecule has 1 aromatic carbocycles. The third-order valence-corrected chi connectivity index (χ3v) is 3.39. The van der Waals surface area contributed by atoms with E-state index in [9.17, 15) is 8.60 Å². The topological polar surface area (TPSA) is 54.9 Å². The number of aromatic nitrogens is 2. The van der Waals surface area contributed by atoms with Crippen LogP contribution in [-0.2, 0) is 15.0 Å². The number of hydrogen-bond donors (Lipinski definition) is 1. The van der Waals surface area contributed by atoms with Gasteiger partial charge < -0.3 is 5.32 Å². The Morgan fingerprint density at radius 3 is 2.83 bits per heavy atom. The van der Waals surface area contributed by atoms with Crippen molar-refractivity contribution in [1.82, 2.24) is 9.97 Å². The van der Waals surface area contributed by atoms with Crippen LogP contribution in [0.3, 0.4) is 0 Å². The van der Waals surface area contributed by atoms with Gasteiger partial charge in [-0.25, -0.2) is 14.4 Å². The molecule has 0 fully saturated rings. The fourth-order valence-electron chi connectivity index (χ4n) is 1.36. The predicted molar refractivity (Wildman–Crippen MR) is 70.4 cm³/mol. The summed E-state index contributed by atoms with van der Waals surface area (Å²) in [5, 5.41) is 3.17. The van der Waals surface area contributed by atoms with Crippen molar-refractivity contribution in [3.05, 3.63) is 41.4 Å². The third kappa shape index (κ3) is 3.02. The second kappa shape index (κ2) is 5.41. The van der Waals surface area contributed by atoms with Crippen LogP contribution in [0.2, 0.25) is 5.15 Å². The molecule has 2 aromatic rings. The molecule has 0 bridgehead atoms. The molecule has 18 heavy (non-hydrogen) atoms. The van der Waals surface area contributed by atoms with Crippen LogP contribution in [0.5, 0.6) is 0 Å². The lowest BCUT2D eigenvalue weighted by Gasteiger charge is -2.05. The molecule has 0 aliphatic heterocycles. The highest BCUT2D eigenvalue weighted by Crippen LogP contribution is 2.20. The highest BCUT2D eigenvalue weighted by atomic mass is 35.5. The van der Waals surface area contributed by atoms with Crippen LogP contribution in [0.15, 0.2) is 35.4 Å². The molecule has 0 spiro atoms. The summed E-state index contributed by atoms with van der Waals surface area (Å²) in [7, 11) is -1.75. The van der Waals surface area contributed by atoms with E-state index in [1.807, 2.05) is 0 Å². The van der Waals surface area contributed by atoms with Gasteiger partial charge in [0.2, 0.25) is 5.95 Å². The lowest BCUT2D eigenvalue weighted by Crippen LogP contribution is -1.99. The Balaban J connectivity index is 2.30. The van der Waals surface area contributed by atoms with E-state index in [2.05, 4.69) is 15.3 Å². The number of anilines is 2. The second-order valence-electron chi connectivity index (χ2n) is 3.49. The smallest absolute Gasteiger partial charge is 0.228 e. The van der Waals surface area contributed by atoms with Gasteiger partial charge in [0.1, 0.15) is 22.2 Å². The van der Waals surface area contributed by atoms with Gasteiger partial charge in [-0.1, -0.05) is 11.6 Å². The van der Waals surface area contributed by atoms with Gasteiger partial charge in [0.15, 0.2) is 10.7 Å². The Bertz CT molecular complexity index is 609. The molecule has 1 heterocycles. The van der Waals surface area contributed by atoms with Gasteiger partial charge in [-0.2, -0.15) is 0 Å². The zero-order valence-corrected chi connectivity index (χ0v) is 11.0. The molecular formula is C11H10ClFN3OS+. The van der Waals surface area contributed by atoms with Gasteiger partial charge in [-0.05, 0) is 18.2 Å². The number of rotatable bonds is 3. The van der Waals surface area contributed by atoms with Crippen molar-refractivity contribution in [3.8, 4) is 0 Å². The standard InChI is InChI=1S/C11H9ClFN3OS/c1-18(17)9-6-7(2-3-8(9)13)15-11-14-5-4-10(12)16-11/h2-6H,1H3,(H,14,15,16)/p+1. The van der Waals surface area contributed by atoms with Crippen molar-refractivity contribution < 1.29 is 8.60 Å². The molecule has 1 N–H and O–H groups in total. The monoisotopic (exact) mass is 286 g/mol. The summed E-state index contributed by atoms with van der Waals surface area (Å²) in [4.78, 5) is 8.06. The lowest BCUT2D eigenvalue weighted by atomic mass is 10.3. The Labute approximate surface area is 111 Å². The highest BCUT2D eigenvalue weighted by Gasteiger charge is 2.12. The average Bonchev–Trinajstić information content (AvgIpc) is 2.31. The SMILES string of the molecule is C[SH+](=O)c1cc(Nc2nccc(Cl)n2)ccc1F. The number of thiol groups is 1. The van der Waals surface area contributed by atoms with E-state index < -0.39 is 16.6 Å². The van der Waals surface area contributed by atoms with Crippen LogP contribution in [-0.4, -0.2) is 16.2 Å². The molecule has 94 valence electrons. The first-order chi connectivity index (χ1) is 8.56. The number of benzene rings is 1. The fourth-order valence-corrected chi connectivity index (χ4v) is 2.19. The Kier molecular flexibility index (Phi) is 3.88. The zero-order chi connectivity index (χ0) is 13.1. The summed E-state index contributed by atoms with van der Waals surface area (Å²) in [6.07, 6.45) is 2.95. The van der Waals surface area contributed by atoms with Crippen LogP contribution in [0, 0.1) is 5.82 Å². The van der Waals surface area contributed by atoms with Gasteiger partial charge >= 0.3 is 0 Å². The summed E-state index contributed by atoms with van der Waals surface area (Å²) in [6, 6.07) is 5.78. The lowest BCUT2D eigenvalue weighted by molar-refractivity contribution is 0.578. The summed E-state index contributed by atoms with van der Waals surface area (Å²) >= 11 is 5.72. The molecule has 2 rings (SSSR count). The van der Waals surface area contributed by atoms with Crippen molar-refractivity contribution >= 4 is 34.0 Å². The summed E-state index contributed by atoms with van der Waals surface area (Å²) in [5.74, 6) is -0.192. The highest BCUT2D eigenvalue weighted by molar-refractivity contribution is 7.84. The van der Waals surface area contributed by atoms with E-state index in [-0.39, 0.29) is 4.90 Å². The molecule has 1 aromatic heterocycles. The van der Waals surface area contributed by atoms with Crippen LogP contribution in [0.25, 0.3) is 0 Å². The van der Waals surface area contributed by atoms with Crippen LogP contribution in [0.4, 0.5) is 16.0 Å². The quantitative estimate of drug-likeness (QED) is 0.535. The number of nitrogens with one attached hydrogen (secondary N) is 1. The van der Waals surface area contributed by atoms with E-state index >= 15 is 0 Å². The van der Waals surface area contributed by atoms with Crippen molar-refractivity contribution in [2.45, 2.75) is 4.90 Å². The predicted octanol–water partition coefficient (Wildman–Crippen LogP) is 2.70. The minimum Gasteiger partial charge on any atom is -0.324 e. The van der Waals surface area contributed by atoms with Crippen LogP contribution >= 0.6 is 11.6 Å². The number of hydrogen-bond acceptors (Lipinski definition) is 4. The summed E-state index contributed by atoms with van der Waals surface area (Å²) < 4.78 is 24.7. The molecule has 4 nitrogen and oxygen atoms in total. The maximum absolute atomic E-state index is 13.4. The summed E-state index contributed by atoms with van der Waals surface area (Å²) in [5.41, 5.74) is 0.555. The van der Waals surface area contributed by atoms with E-state index in [4.69, 9.17) is 11.6 Å². The minimum absolute atomic E-state index is 0.164. The van der Waals surface area contributed by atoms with E-state index in [1.165, 1.54) is 30.7 Å². The van der Waals surface area contributed by atoms with Crippen molar-refractivity contribution in [1.29, 1.82) is 0 Å². The molecule has 0 aliphatic carbocycles. The first-order valence-electron chi connectivity index (χ1n) is 5.02. The van der Waals surface area contributed by atoms with Crippen molar-refractivity contribution in [2.75, 3.05) is 11.6 Å². The van der Waals surface area contributed by atoms with Gasteiger partial charge in [0.05, 0.1) is 0 Å². The molecule has 0 amide bonds. The summed E-state index contributed by atoms with van der Waals surface area (Å²) in [6.45, 7) is 0. The molecule has 7 heteroatoms. The maximum atomic E-state index is 13.4. The zero-order valence-electron chi connectivity index (χ0n) is 9.39. The van der Waals surface area contributed by atoms with Gasteiger partial charge in [0, 0.05) is 18.0 Å². The first-order valence-corrected chi connectivity index (χ1v) is 7.11. The van der Waals surface area contributed by atoms with Crippen molar-refractivity contribution in [3.63, 3.8) is 0 Å². The van der Waals surface area contributed by atoms with Gasteiger partial charge in [-0.3, -0.25) is 0 Å². The largest absolute Gasteiger partial charge is 0.324 e. The number of halogens is 2. The Morgan fingerprint density at radius 1 is 1.39 bits per heavy atom. The molecule has 1 unspecified atom stereocenters. The molecule has 0 saturated heterocycles. The third-order valence-electron chi connectivity index (χ3n) is 2.16. The minimum atomic E-state index is -1.75. The fraction of sp³-hybridized carbons (Fsp3) is 0.0909. The molecule has 0 radical (unpaired) electrons. The number of nitrogens with zero attached hydrogens (tertiary/aromatic N) is 2. The first kappa shape index (κ1) is 12.9. The average molecular weight is 287 g/mol. The molecule has 0 aliphatic rings. The molecular weight excluding hydrogens is 277 g/mol. The maximum Gasteiger partial charge on any atom is 0.228 e. The van der Waals surface area contributed by atoms with E-state index in [1.54, 1.807) is 6.07 Å².